The van der Waals surface area contributed by atoms with Gasteiger partial charge in [0.1, 0.15) is 6.04 Å². The molecular formula is C31H56N2O13S4. The van der Waals surface area contributed by atoms with E-state index >= 15 is 0 Å². The van der Waals surface area contributed by atoms with Gasteiger partial charge >= 0.3 is 17.9 Å². The molecule has 50 heavy (non-hydrogen) atoms. The molecule has 1 aliphatic heterocycles. The summed E-state index contributed by atoms with van der Waals surface area (Å²) in [5.41, 5.74) is 0. The molecule has 0 bridgehead atoms. The fourth-order valence-corrected chi connectivity index (χ4v) is 9.10. The lowest BCUT2D eigenvalue weighted by Gasteiger charge is -2.31. The topological polar surface area (TPSA) is 196 Å². The van der Waals surface area contributed by atoms with Gasteiger partial charge in [-0.2, -0.15) is 0 Å². The highest BCUT2D eigenvalue weighted by Crippen LogP contribution is 2.39. The van der Waals surface area contributed by atoms with Crippen LogP contribution in [-0.4, -0.2) is 146 Å². The van der Waals surface area contributed by atoms with Gasteiger partial charge in [-0.15, -0.1) is 5.06 Å². The van der Waals surface area contributed by atoms with Gasteiger partial charge < -0.3 is 38.9 Å². The smallest absolute Gasteiger partial charge is 0.333 e. The van der Waals surface area contributed by atoms with Crippen molar-refractivity contribution in [3.8, 4) is 0 Å². The third-order valence-electron chi connectivity index (χ3n) is 7.29. The molecule has 292 valence electrons. The highest BCUT2D eigenvalue weighted by molar-refractivity contribution is 8.77. The number of imide groups is 1. The zero-order valence-electron chi connectivity index (χ0n) is 30.8. The molecule has 1 heterocycles. The summed E-state index contributed by atoms with van der Waals surface area (Å²) in [4.78, 5) is 73.8. The number of hydrogen-bond donors (Lipinski definition) is 2. The SMILES string of the molecule is CC[C@@H](C)C(=O)O.COCC(CCC(=O)N(C)[C@@H](C)C(=O)O)(COC)SSC.COCC(CCC(=O)ON1C(=O)CCC1=O)(COC)SSC. The van der Waals surface area contributed by atoms with Crippen LogP contribution in [0.25, 0.3) is 0 Å². The first-order valence-corrected chi connectivity index (χ1v) is 20.8. The molecule has 0 spiro atoms. The molecule has 2 N–H and O–H groups in total. The van der Waals surface area contributed by atoms with Crippen molar-refractivity contribution in [2.75, 3.05) is 74.4 Å². The van der Waals surface area contributed by atoms with Gasteiger partial charge in [0.05, 0.1) is 41.8 Å². The first-order chi connectivity index (χ1) is 23.5. The van der Waals surface area contributed by atoms with E-state index in [-0.39, 0.29) is 47.0 Å². The molecule has 1 aliphatic rings. The van der Waals surface area contributed by atoms with Gasteiger partial charge in [0.25, 0.3) is 11.8 Å². The summed E-state index contributed by atoms with van der Waals surface area (Å²) in [6, 6.07) is -0.829. The van der Waals surface area contributed by atoms with Crippen LogP contribution >= 0.6 is 43.2 Å². The predicted octanol–water partition coefficient (Wildman–Crippen LogP) is 4.27. The molecule has 1 rings (SSSR count). The number of carbonyl (C=O) groups is 6. The first kappa shape index (κ1) is 50.4. The molecule has 0 aliphatic carbocycles. The van der Waals surface area contributed by atoms with E-state index in [1.807, 2.05) is 19.4 Å². The van der Waals surface area contributed by atoms with Gasteiger partial charge in [-0.05, 0) is 38.7 Å². The van der Waals surface area contributed by atoms with Crippen LogP contribution in [0.4, 0.5) is 0 Å². The summed E-state index contributed by atoms with van der Waals surface area (Å²) in [7, 11) is 14.3. The molecule has 0 aromatic carbocycles. The van der Waals surface area contributed by atoms with Crippen LogP contribution < -0.4 is 0 Å². The van der Waals surface area contributed by atoms with Crippen LogP contribution in [0, 0.1) is 5.92 Å². The number of carboxylic acids is 2. The Morgan fingerprint density at radius 3 is 1.48 bits per heavy atom. The summed E-state index contributed by atoms with van der Waals surface area (Å²) in [6.45, 7) is 6.83. The first-order valence-electron chi connectivity index (χ1n) is 15.7. The number of hydroxylamine groups is 2. The second-order valence-corrected chi connectivity index (χ2v) is 17.0. The van der Waals surface area contributed by atoms with E-state index in [1.54, 1.807) is 78.5 Å². The van der Waals surface area contributed by atoms with Gasteiger partial charge in [-0.1, -0.05) is 57.0 Å². The summed E-state index contributed by atoms with van der Waals surface area (Å²) < 4.78 is 20.3. The Labute approximate surface area is 312 Å². The molecule has 19 heteroatoms. The largest absolute Gasteiger partial charge is 0.481 e. The van der Waals surface area contributed by atoms with Crippen molar-refractivity contribution in [1.82, 2.24) is 9.96 Å². The zero-order valence-corrected chi connectivity index (χ0v) is 34.1. The van der Waals surface area contributed by atoms with E-state index < -0.39 is 35.8 Å². The average Bonchev–Trinajstić information content (AvgIpc) is 3.38. The van der Waals surface area contributed by atoms with Crippen molar-refractivity contribution in [3.05, 3.63) is 0 Å². The molecular weight excluding hydrogens is 737 g/mol. The summed E-state index contributed by atoms with van der Waals surface area (Å²) in [5, 5.41) is 17.7. The molecule has 1 fully saturated rings. The van der Waals surface area contributed by atoms with Gasteiger partial charge in [0, 0.05) is 61.2 Å². The van der Waals surface area contributed by atoms with Crippen LogP contribution in [0.15, 0.2) is 0 Å². The number of rotatable bonds is 23. The minimum absolute atomic E-state index is 0.0668. The molecule has 0 aromatic rings. The van der Waals surface area contributed by atoms with Crippen molar-refractivity contribution < 1.29 is 62.8 Å². The fraction of sp³-hybridized carbons (Fsp3) is 0.806. The number of aliphatic carboxylic acids is 2. The van der Waals surface area contributed by atoms with Crippen molar-refractivity contribution in [3.63, 3.8) is 0 Å². The van der Waals surface area contributed by atoms with Crippen LogP contribution in [-0.2, 0) is 52.6 Å². The van der Waals surface area contributed by atoms with Crippen molar-refractivity contribution in [1.29, 1.82) is 0 Å². The third-order valence-corrected chi connectivity index (χ3v) is 12.3. The molecule has 15 nitrogen and oxygen atoms in total. The van der Waals surface area contributed by atoms with E-state index in [9.17, 15) is 28.8 Å². The van der Waals surface area contributed by atoms with Crippen LogP contribution in [0.1, 0.15) is 65.7 Å². The standard InChI is InChI=1S/C13H21NO6S2.C13H25NO5S2.C5H10O2/c1-18-8-13(9-19-2,22-21-3)7-6-12(17)20-14-10(15)4-5-11(14)16;1-10(12(16)17)14(2)11(15)6-7-13(8-18-3,9-19-4)21-20-5;1-3-4(2)5(6)7/h4-9H2,1-3H3;10H,6-9H2,1-5H3,(H,16,17);4H,3H2,1-2H3,(H,6,7)/t;10-;4-/m.01/s1. The highest BCUT2D eigenvalue weighted by atomic mass is 33.1. The molecule has 3 amide bonds. The van der Waals surface area contributed by atoms with Crippen molar-refractivity contribution >= 4 is 78.8 Å². The Morgan fingerprint density at radius 2 is 1.18 bits per heavy atom. The van der Waals surface area contributed by atoms with E-state index in [4.69, 9.17) is 34.0 Å². The van der Waals surface area contributed by atoms with E-state index in [0.717, 1.165) is 6.42 Å². The highest BCUT2D eigenvalue weighted by Gasteiger charge is 2.36. The lowest BCUT2D eigenvalue weighted by Crippen LogP contribution is -2.42. The number of hydrogen-bond acceptors (Lipinski definition) is 15. The second-order valence-electron chi connectivity index (χ2n) is 11.3. The Hall–Kier alpha value is -1.74. The molecule has 2 atom stereocenters. The van der Waals surface area contributed by atoms with E-state index in [2.05, 4.69) is 0 Å². The van der Waals surface area contributed by atoms with Gasteiger partial charge in [-0.3, -0.25) is 19.2 Å². The normalized spacial score (nSPS) is 14.2. The number of carboxylic acid groups (broad SMARTS) is 2. The Morgan fingerprint density at radius 1 is 0.780 bits per heavy atom. The van der Waals surface area contributed by atoms with Gasteiger partial charge in [0.15, 0.2) is 0 Å². The summed E-state index contributed by atoms with van der Waals surface area (Å²) in [5.74, 6) is -3.65. The number of amides is 3. The fourth-order valence-electron chi connectivity index (χ4n) is 4.16. The van der Waals surface area contributed by atoms with Crippen molar-refractivity contribution in [2.24, 2.45) is 5.92 Å². The lowest BCUT2D eigenvalue weighted by molar-refractivity contribution is -0.197. The maximum Gasteiger partial charge on any atom is 0.333 e. The number of ether oxygens (including phenoxy) is 4. The number of nitrogens with zero attached hydrogens (tertiary/aromatic N) is 2. The summed E-state index contributed by atoms with van der Waals surface area (Å²) in [6.07, 6.45) is 6.14. The Bertz CT molecular complexity index is 1000. The average molecular weight is 793 g/mol. The quantitative estimate of drug-likeness (QED) is 0.110. The summed E-state index contributed by atoms with van der Waals surface area (Å²) >= 11 is 0. The Balaban J connectivity index is 0. The monoisotopic (exact) mass is 792 g/mol. The number of carbonyl (C=O) groups excluding carboxylic acids is 4. The minimum Gasteiger partial charge on any atom is -0.481 e. The third kappa shape index (κ3) is 19.8. The van der Waals surface area contributed by atoms with Gasteiger partial charge in [0.2, 0.25) is 5.91 Å². The maximum atomic E-state index is 12.1. The van der Waals surface area contributed by atoms with Crippen molar-refractivity contribution in [2.45, 2.75) is 81.3 Å². The van der Waals surface area contributed by atoms with E-state index in [0.29, 0.717) is 44.3 Å². The minimum atomic E-state index is -1.01. The second kappa shape index (κ2) is 27.9. The molecule has 1 saturated heterocycles. The van der Waals surface area contributed by atoms with Crippen LogP contribution in [0.2, 0.25) is 0 Å². The molecule has 0 radical (unpaired) electrons. The number of likely N-dealkylation sites (N-methyl/N-ethyl adjacent to an activating group) is 1. The molecule has 0 aromatic heterocycles. The molecule has 0 unspecified atom stereocenters. The van der Waals surface area contributed by atoms with E-state index in [1.165, 1.54) is 18.9 Å². The lowest BCUT2D eigenvalue weighted by atomic mass is 10.0. The van der Waals surface area contributed by atoms with Crippen LogP contribution in [0.5, 0.6) is 0 Å². The van der Waals surface area contributed by atoms with Crippen LogP contribution in [0.3, 0.4) is 0 Å². The Kier molecular flexibility index (Phi) is 28.1. The predicted molar refractivity (Wildman–Crippen MR) is 198 cm³/mol. The maximum absolute atomic E-state index is 12.1. The molecule has 0 saturated carbocycles. The van der Waals surface area contributed by atoms with Gasteiger partial charge in [-0.25, -0.2) is 9.59 Å². The number of methoxy groups -OCH3 is 4. The zero-order chi connectivity index (χ0) is 38.9.